The summed E-state index contributed by atoms with van der Waals surface area (Å²) in [5, 5.41) is 3.08. The molecule has 2 aliphatic rings. The van der Waals surface area contributed by atoms with E-state index in [2.05, 4.69) is 5.32 Å². The highest BCUT2D eigenvalue weighted by atomic mass is 16.5. The summed E-state index contributed by atoms with van der Waals surface area (Å²) in [7, 11) is 0. The average molecular weight is 549 g/mol. The quantitative estimate of drug-likeness (QED) is 0.311. The van der Waals surface area contributed by atoms with Crippen LogP contribution in [0.1, 0.15) is 74.1 Å². The molecule has 0 bridgehead atoms. The van der Waals surface area contributed by atoms with Crippen LogP contribution in [-0.4, -0.2) is 41.8 Å². The maximum atomic E-state index is 13.6. The molecule has 0 saturated heterocycles. The van der Waals surface area contributed by atoms with E-state index in [1.165, 1.54) is 5.56 Å². The van der Waals surface area contributed by atoms with Crippen molar-refractivity contribution in [2.45, 2.75) is 95.9 Å². The summed E-state index contributed by atoms with van der Waals surface area (Å²) < 4.78 is 6.14. The van der Waals surface area contributed by atoms with Gasteiger partial charge in [-0.05, 0) is 67.7 Å². The number of aryl methyl sites for hydroxylation is 2. The Bertz CT molecular complexity index is 1230. The Morgan fingerprint density at radius 2 is 1.68 bits per heavy atom. The fourth-order valence-corrected chi connectivity index (χ4v) is 5.61. The first kappa shape index (κ1) is 29.3. The molecule has 0 saturated carbocycles. The second-order valence-electron chi connectivity index (χ2n) is 10.9. The highest BCUT2D eigenvalue weighted by Gasteiger charge is 2.41. The van der Waals surface area contributed by atoms with Gasteiger partial charge >= 0.3 is 0 Å². The van der Waals surface area contributed by atoms with Crippen LogP contribution in [0.2, 0.25) is 0 Å². The Hall–Kier alpha value is -3.72. The lowest BCUT2D eigenvalue weighted by atomic mass is 10.0. The normalized spacial score (nSPS) is 17.6. The third-order valence-corrected chi connectivity index (χ3v) is 7.85. The molecule has 5 N–H and O–H groups in total. The Labute approximate surface area is 235 Å². The minimum absolute atomic E-state index is 0.0295. The van der Waals surface area contributed by atoms with Gasteiger partial charge in [0.1, 0.15) is 6.04 Å². The van der Waals surface area contributed by atoms with Crippen molar-refractivity contribution in [2.24, 2.45) is 11.5 Å². The minimum atomic E-state index is -0.624. The monoisotopic (exact) mass is 548 g/mol. The van der Waals surface area contributed by atoms with Crippen LogP contribution in [0.25, 0.3) is 0 Å². The molecule has 2 heterocycles. The number of nitrogens with one attached hydrogen (secondary N) is 1. The number of amides is 4. The first-order chi connectivity index (χ1) is 19.2. The maximum absolute atomic E-state index is 13.6. The van der Waals surface area contributed by atoms with E-state index in [-0.39, 0.29) is 24.1 Å². The van der Waals surface area contributed by atoms with Crippen LogP contribution in [-0.2, 0) is 49.8 Å². The van der Waals surface area contributed by atoms with E-state index >= 15 is 0 Å². The van der Waals surface area contributed by atoms with Gasteiger partial charge in [0.05, 0.1) is 24.4 Å². The van der Waals surface area contributed by atoms with Crippen LogP contribution >= 0.6 is 0 Å². The van der Waals surface area contributed by atoms with Gasteiger partial charge in [0.2, 0.25) is 23.6 Å². The van der Waals surface area contributed by atoms with Gasteiger partial charge < -0.3 is 21.5 Å². The van der Waals surface area contributed by atoms with Crippen LogP contribution in [0.15, 0.2) is 42.5 Å². The van der Waals surface area contributed by atoms with Crippen molar-refractivity contribution in [3.8, 4) is 0 Å². The molecule has 9 nitrogen and oxygen atoms in total. The van der Waals surface area contributed by atoms with E-state index in [1.807, 2.05) is 49.4 Å². The van der Waals surface area contributed by atoms with E-state index in [1.54, 1.807) is 4.90 Å². The highest BCUT2D eigenvalue weighted by molar-refractivity contribution is 6.04. The summed E-state index contributed by atoms with van der Waals surface area (Å²) in [6.45, 7) is 2.21. The molecule has 40 heavy (non-hydrogen) atoms. The fourth-order valence-electron chi connectivity index (χ4n) is 5.61. The number of nitrogens with two attached hydrogens (primary N) is 2. The third-order valence-electron chi connectivity index (χ3n) is 7.85. The summed E-state index contributed by atoms with van der Waals surface area (Å²) in [6, 6.07) is 13.0. The molecule has 0 radical (unpaired) electrons. The Morgan fingerprint density at radius 1 is 0.975 bits per heavy atom. The standard InChI is InChI=1S/C31H40N4O5/c1-20(40-19-22-14-12-21(13-15-22)6-2-3-10-27(32)36)25(16-17-28(33)37)34-31(39)26-18-24-9-4-7-23-8-5-11-29(38)35(26)30(23)24/h4,7,9,12-15,20,25-26H,2-3,5-6,8,10-11,16-19H2,1H3,(H2,32,36)(H2,33,37)(H,34,39)/t20-,25?,26+/m1/s1. The van der Waals surface area contributed by atoms with Gasteiger partial charge in [0, 0.05) is 25.7 Å². The molecule has 1 unspecified atom stereocenters. The van der Waals surface area contributed by atoms with Crippen molar-refractivity contribution in [1.82, 2.24) is 5.32 Å². The van der Waals surface area contributed by atoms with Gasteiger partial charge in [0.15, 0.2) is 0 Å². The minimum Gasteiger partial charge on any atom is -0.372 e. The van der Waals surface area contributed by atoms with Crippen molar-refractivity contribution in [1.29, 1.82) is 0 Å². The molecular formula is C31H40N4O5. The molecule has 4 amide bonds. The van der Waals surface area contributed by atoms with Crippen molar-refractivity contribution >= 4 is 29.3 Å². The number of nitrogens with zero attached hydrogens (tertiary/aromatic N) is 1. The zero-order valence-corrected chi connectivity index (χ0v) is 23.2. The predicted octanol–water partition coefficient (Wildman–Crippen LogP) is 2.83. The van der Waals surface area contributed by atoms with Crippen LogP contribution < -0.4 is 21.7 Å². The number of hydrogen-bond acceptors (Lipinski definition) is 5. The molecule has 0 aliphatic carbocycles. The van der Waals surface area contributed by atoms with Crippen LogP contribution in [0.5, 0.6) is 0 Å². The first-order valence-electron chi connectivity index (χ1n) is 14.2. The molecule has 2 aliphatic heterocycles. The second kappa shape index (κ2) is 13.6. The van der Waals surface area contributed by atoms with Gasteiger partial charge in [-0.2, -0.15) is 0 Å². The zero-order chi connectivity index (χ0) is 28.6. The summed E-state index contributed by atoms with van der Waals surface area (Å²) in [5.41, 5.74) is 15.8. The number of rotatable bonds is 14. The third kappa shape index (κ3) is 7.47. The number of ether oxygens (including phenoxy) is 1. The van der Waals surface area contributed by atoms with E-state index in [4.69, 9.17) is 16.2 Å². The lowest BCUT2D eigenvalue weighted by molar-refractivity contribution is -0.128. The molecular weight excluding hydrogens is 508 g/mol. The largest absolute Gasteiger partial charge is 0.372 e. The lowest BCUT2D eigenvalue weighted by Crippen LogP contribution is -2.53. The first-order valence-corrected chi connectivity index (χ1v) is 14.2. The van der Waals surface area contributed by atoms with Crippen molar-refractivity contribution in [3.05, 3.63) is 64.7 Å². The van der Waals surface area contributed by atoms with Crippen LogP contribution in [0.4, 0.5) is 5.69 Å². The Morgan fingerprint density at radius 3 is 2.40 bits per heavy atom. The molecule has 9 heteroatoms. The Balaban J connectivity index is 1.37. The number of para-hydroxylation sites is 1. The van der Waals surface area contributed by atoms with Gasteiger partial charge in [-0.3, -0.25) is 24.1 Å². The number of primary amides is 2. The van der Waals surface area contributed by atoms with Crippen molar-refractivity contribution in [2.75, 3.05) is 4.90 Å². The van der Waals surface area contributed by atoms with Crippen molar-refractivity contribution in [3.63, 3.8) is 0 Å². The maximum Gasteiger partial charge on any atom is 0.243 e. The smallest absolute Gasteiger partial charge is 0.243 e. The van der Waals surface area contributed by atoms with Crippen LogP contribution in [0, 0.1) is 0 Å². The number of carbonyl (C=O) groups excluding carboxylic acids is 4. The highest BCUT2D eigenvalue weighted by Crippen LogP contribution is 2.39. The Kier molecular flexibility index (Phi) is 9.93. The molecule has 2 aromatic carbocycles. The number of carbonyl (C=O) groups is 4. The van der Waals surface area contributed by atoms with Gasteiger partial charge in [-0.25, -0.2) is 0 Å². The second-order valence-corrected chi connectivity index (χ2v) is 10.9. The summed E-state index contributed by atoms with van der Waals surface area (Å²) in [6.07, 6.45) is 5.47. The molecule has 0 aromatic heterocycles. The lowest BCUT2D eigenvalue weighted by Gasteiger charge is -2.29. The molecule has 3 atom stereocenters. The van der Waals surface area contributed by atoms with Gasteiger partial charge in [-0.15, -0.1) is 0 Å². The fraction of sp³-hybridized carbons (Fsp3) is 0.484. The molecule has 0 fully saturated rings. The molecule has 4 rings (SSSR count). The van der Waals surface area contributed by atoms with Gasteiger partial charge in [0.25, 0.3) is 0 Å². The van der Waals surface area contributed by atoms with Crippen molar-refractivity contribution < 1.29 is 23.9 Å². The number of anilines is 1. The molecule has 2 aromatic rings. The predicted molar refractivity (Wildman–Crippen MR) is 152 cm³/mol. The molecule has 0 spiro atoms. The number of hydrogen-bond donors (Lipinski definition) is 3. The average Bonchev–Trinajstić information content (AvgIpc) is 3.24. The summed E-state index contributed by atoms with van der Waals surface area (Å²) in [4.78, 5) is 50.8. The SMILES string of the molecule is C[C@@H](OCc1ccc(CCCCC(N)=O)cc1)C(CCC(N)=O)NC(=O)[C@@H]1Cc2cccc3c2N1C(=O)CCC3. The van der Waals surface area contributed by atoms with E-state index in [9.17, 15) is 19.2 Å². The van der Waals surface area contributed by atoms with E-state index in [0.29, 0.717) is 32.3 Å². The number of unbranched alkanes of at least 4 members (excludes halogenated alkanes) is 1. The summed E-state index contributed by atoms with van der Waals surface area (Å²) in [5.74, 6) is -0.996. The molecule has 214 valence electrons. The zero-order valence-electron chi connectivity index (χ0n) is 23.2. The van der Waals surface area contributed by atoms with Crippen LogP contribution in [0.3, 0.4) is 0 Å². The van der Waals surface area contributed by atoms with E-state index in [0.717, 1.165) is 54.5 Å². The topological polar surface area (TPSA) is 145 Å². The number of benzene rings is 2. The summed E-state index contributed by atoms with van der Waals surface area (Å²) >= 11 is 0. The van der Waals surface area contributed by atoms with Gasteiger partial charge in [-0.1, -0.05) is 42.5 Å². The van der Waals surface area contributed by atoms with E-state index < -0.39 is 24.1 Å².